The molecular formula is C15H16O2. The minimum Gasteiger partial charge on any atom is -0.497 e. The zero-order chi connectivity index (χ0) is 12.3. The smallest absolute Gasteiger partial charge is 0.130 e. The van der Waals surface area contributed by atoms with Crippen molar-refractivity contribution in [3.8, 4) is 5.75 Å². The molecule has 0 atom stereocenters. The molecular weight excluding hydrogens is 212 g/mol. The molecule has 0 fully saturated rings. The quantitative estimate of drug-likeness (QED) is 0.802. The summed E-state index contributed by atoms with van der Waals surface area (Å²) in [4.78, 5) is 11.0. The molecule has 0 heterocycles. The number of benzene rings is 2. The predicted molar refractivity (Wildman–Crippen MR) is 69.5 cm³/mol. The third kappa shape index (κ3) is 2.64. The van der Waals surface area contributed by atoms with E-state index in [4.69, 9.17) is 4.74 Å². The normalized spacial score (nSPS) is 10.5. The van der Waals surface area contributed by atoms with Crippen molar-refractivity contribution in [3.63, 3.8) is 0 Å². The molecule has 17 heavy (non-hydrogen) atoms. The monoisotopic (exact) mass is 228 g/mol. The number of carbonyl (C=O) groups is 1. The van der Waals surface area contributed by atoms with E-state index in [1.807, 2.05) is 18.2 Å². The molecule has 0 aliphatic heterocycles. The van der Waals surface area contributed by atoms with Crippen LogP contribution in [0.1, 0.15) is 18.9 Å². The summed E-state index contributed by atoms with van der Waals surface area (Å²) in [5.41, 5.74) is 1.22. The Balaban J connectivity index is 2.39. The molecule has 2 aromatic rings. The third-order valence-corrected chi connectivity index (χ3v) is 2.92. The molecule has 0 aliphatic rings. The van der Waals surface area contributed by atoms with E-state index in [0.29, 0.717) is 6.42 Å². The SMILES string of the molecule is COc1ccc2c(CCC(C)=O)cccc2c1. The van der Waals surface area contributed by atoms with Crippen molar-refractivity contribution in [1.29, 1.82) is 0 Å². The summed E-state index contributed by atoms with van der Waals surface area (Å²) in [5.74, 6) is 1.09. The summed E-state index contributed by atoms with van der Waals surface area (Å²) in [7, 11) is 1.67. The van der Waals surface area contributed by atoms with E-state index in [1.165, 1.54) is 10.9 Å². The summed E-state index contributed by atoms with van der Waals surface area (Å²) in [6.07, 6.45) is 1.41. The number of fused-ring (bicyclic) bond motifs is 1. The minimum atomic E-state index is 0.232. The van der Waals surface area contributed by atoms with E-state index >= 15 is 0 Å². The number of ether oxygens (including phenoxy) is 1. The molecule has 88 valence electrons. The van der Waals surface area contributed by atoms with Gasteiger partial charge < -0.3 is 9.53 Å². The van der Waals surface area contributed by atoms with E-state index in [0.717, 1.165) is 17.6 Å². The van der Waals surface area contributed by atoms with Gasteiger partial charge in [-0.25, -0.2) is 0 Å². The summed E-state index contributed by atoms with van der Waals surface area (Å²) in [6.45, 7) is 1.63. The van der Waals surface area contributed by atoms with Gasteiger partial charge in [0.25, 0.3) is 0 Å². The van der Waals surface area contributed by atoms with Crippen molar-refractivity contribution in [1.82, 2.24) is 0 Å². The number of rotatable bonds is 4. The van der Waals surface area contributed by atoms with E-state index in [1.54, 1.807) is 14.0 Å². The average molecular weight is 228 g/mol. The fourth-order valence-electron chi connectivity index (χ4n) is 1.98. The van der Waals surface area contributed by atoms with Crippen molar-refractivity contribution in [2.45, 2.75) is 19.8 Å². The van der Waals surface area contributed by atoms with Crippen LogP contribution in [0.3, 0.4) is 0 Å². The fourth-order valence-corrected chi connectivity index (χ4v) is 1.98. The molecule has 2 heteroatoms. The number of methoxy groups -OCH3 is 1. The van der Waals surface area contributed by atoms with Crippen molar-refractivity contribution in [2.75, 3.05) is 7.11 Å². The maximum atomic E-state index is 11.0. The molecule has 0 spiro atoms. The predicted octanol–water partition coefficient (Wildman–Crippen LogP) is 3.37. The Morgan fingerprint density at radius 2 is 2.06 bits per heavy atom. The van der Waals surface area contributed by atoms with Crippen LogP contribution in [0.4, 0.5) is 0 Å². The number of hydrogen-bond acceptors (Lipinski definition) is 2. The Bertz CT molecular complexity index is 544. The second-order valence-corrected chi connectivity index (χ2v) is 4.21. The first-order valence-electron chi connectivity index (χ1n) is 5.76. The van der Waals surface area contributed by atoms with Gasteiger partial charge in [0.15, 0.2) is 0 Å². The molecule has 2 rings (SSSR count). The van der Waals surface area contributed by atoms with Crippen LogP contribution in [-0.2, 0) is 11.2 Å². The fraction of sp³-hybridized carbons (Fsp3) is 0.267. The van der Waals surface area contributed by atoms with Crippen LogP contribution in [0, 0.1) is 0 Å². The van der Waals surface area contributed by atoms with Gasteiger partial charge in [-0.3, -0.25) is 0 Å². The topological polar surface area (TPSA) is 26.3 Å². The average Bonchev–Trinajstić information content (AvgIpc) is 2.35. The van der Waals surface area contributed by atoms with Gasteiger partial charge in [-0.1, -0.05) is 24.3 Å². The van der Waals surface area contributed by atoms with Gasteiger partial charge in [0, 0.05) is 6.42 Å². The highest BCUT2D eigenvalue weighted by atomic mass is 16.5. The maximum Gasteiger partial charge on any atom is 0.130 e. The number of ketones is 1. The number of Topliss-reactive ketones (excluding diaryl/α,β-unsaturated/α-hetero) is 1. The molecule has 0 amide bonds. The van der Waals surface area contributed by atoms with Gasteiger partial charge in [-0.15, -0.1) is 0 Å². The molecule has 0 N–H and O–H groups in total. The van der Waals surface area contributed by atoms with E-state index in [-0.39, 0.29) is 5.78 Å². The molecule has 0 saturated heterocycles. The Morgan fingerprint density at radius 1 is 1.24 bits per heavy atom. The number of carbonyl (C=O) groups excluding carboxylic acids is 1. The number of aryl methyl sites for hydroxylation is 1. The lowest BCUT2D eigenvalue weighted by Gasteiger charge is -2.07. The largest absolute Gasteiger partial charge is 0.497 e. The van der Waals surface area contributed by atoms with E-state index in [2.05, 4.69) is 18.2 Å². The summed E-state index contributed by atoms with van der Waals surface area (Å²) in [6, 6.07) is 12.2. The lowest BCUT2D eigenvalue weighted by atomic mass is 10.00. The van der Waals surface area contributed by atoms with Crippen molar-refractivity contribution in [3.05, 3.63) is 42.0 Å². The summed E-state index contributed by atoms with van der Waals surface area (Å²) in [5, 5.41) is 2.36. The Morgan fingerprint density at radius 3 is 2.76 bits per heavy atom. The first-order chi connectivity index (χ1) is 8.20. The molecule has 0 bridgehead atoms. The molecule has 2 aromatic carbocycles. The Kier molecular flexibility index (Phi) is 3.43. The summed E-state index contributed by atoms with van der Waals surface area (Å²) < 4.78 is 5.21. The van der Waals surface area contributed by atoms with Crippen LogP contribution >= 0.6 is 0 Å². The van der Waals surface area contributed by atoms with Crippen LogP contribution < -0.4 is 4.74 Å². The van der Waals surface area contributed by atoms with Crippen molar-refractivity contribution >= 4 is 16.6 Å². The highest BCUT2D eigenvalue weighted by molar-refractivity contribution is 5.87. The molecule has 0 aliphatic carbocycles. The summed E-state index contributed by atoms with van der Waals surface area (Å²) >= 11 is 0. The first-order valence-corrected chi connectivity index (χ1v) is 5.76. The molecule has 0 aromatic heterocycles. The van der Waals surface area contributed by atoms with Crippen LogP contribution in [0.25, 0.3) is 10.8 Å². The molecule has 0 unspecified atom stereocenters. The third-order valence-electron chi connectivity index (χ3n) is 2.92. The second kappa shape index (κ2) is 5.00. The van der Waals surface area contributed by atoms with Crippen LogP contribution in [-0.4, -0.2) is 12.9 Å². The van der Waals surface area contributed by atoms with Gasteiger partial charge in [-0.05, 0) is 41.8 Å². The second-order valence-electron chi connectivity index (χ2n) is 4.21. The molecule has 0 saturated carbocycles. The van der Waals surface area contributed by atoms with Crippen molar-refractivity contribution < 1.29 is 9.53 Å². The standard InChI is InChI=1S/C15H16O2/c1-11(16)6-7-12-4-3-5-13-10-14(17-2)8-9-15(12)13/h3-5,8-10H,6-7H2,1-2H3. The zero-order valence-electron chi connectivity index (χ0n) is 10.2. The Hall–Kier alpha value is -1.83. The van der Waals surface area contributed by atoms with Crippen LogP contribution in [0.15, 0.2) is 36.4 Å². The van der Waals surface area contributed by atoms with Gasteiger partial charge in [-0.2, -0.15) is 0 Å². The van der Waals surface area contributed by atoms with Gasteiger partial charge in [0.1, 0.15) is 11.5 Å². The molecule has 0 radical (unpaired) electrons. The number of hydrogen-bond donors (Lipinski definition) is 0. The highest BCUT2D eigenvalue weighted by Gasteiger charge is 2.03. The van der Waals surface area contributed by atoms with Gasteiger partial charge in [0.05, 0.1) is 7.11 Å². The van der Waals surface area contributed by atoms with Gasteiger partial charge in [0.2, 0.25) is 0 Å². The Labute approximate surface area is 101 Å². The maximum absolute atomic E-state index is 11.0. The first kappa shape index (κ1) is 11.6. The lowest BCUT2D eigenvalue weighted by molar-refractivity contribution is -0.116. The minimum absolute atomic E-state index is 0.232. The molecule has 2 nitrogen and oxygen atoms in total. The van der Waals surface area contributed by atoms with Crippen LogP contribution in [0.2, 0.25) is 0 Å². The zero-order valence-corrected chi connectivity index (χ0v) is 10.2. The van der Waals surface area contributed by atoms with Gasteiger partial charge >= 0.3 is 0 Å². The van der Waals surface area contributed by atoms with E-state index in [9.17, 15) is 4.79 Å². The van der Waals surface area contributed by atoms with Crippen molar-refractivity contribution in [2.24, 2.45) is 0 Å². The highest BCUT2D eigenvalue weighted by Crippen LogP contribution is 2.24. The van der Waals surface area contributed by atoms with E-state index < -0.39 is 0 Å². The van der Waals surface area contributed by atoms with Crippen LogP contribution in [0.5, 0.6) is 5.75 Å². The lowest BCUT2D eigenvalue weighted by Crippen LogP contribution is -1.95.